The highest BCUT2D eigenvalue weighted by molar-refractivity contribution is 14.0. The number of guanidine groups is 1. The van der Waals surface area contributed by atoms with E-state index in [9.17, 15) is 0 Å². The average molecular weight is 533 g/mol. The Hall–Kier alpha value is -1.06. The minimum atomic E-state index is 0. The number of aliphatic imine (C=N–C) groups is 1. The molecule has 1 fully saturated rings. The Morgan fingerprint density at radius 3 is 2.43 bits per heavy atom. The number of piperidine rings is 1. The number of ether oxygens (including phenoxy) is 2. The first kappa shape index (κ1) is 27.0. The fourth-order valence-corrected chi connectivity index (χ4v) is 3.54. The Kier molecular flexibility index (Phi) is 14.1. The maximum Gasteiger partial charge on any atom is 0.193 e. The molecule has 0 aromatic heterocycles. The molecular weight excluding hydrogens is 491 g/mol. The number of aryl methyl sites for hydroxylation is 1. The number of nitrogens with zero attached hydrogens (tertiary/aromatic N) is 3. The molecule has 1 aliphatic rings. The third-order valence-electron chi connectivity index (χ3n) is 5.26. The molecule has 0 spiro atoms. The average Bonchev–Trinajstić information content (AvgIpc) is 2.74. The molecule has 172 valence electrons. The highest BCUT2D eigenvalue weighted by atomic mass is 127. The number of rotatable bonds is 11. The van der Waals surface area contributed by atoms with Crippen molar-refractivity contribution in [1.82, 2.24) is 10.2 Å². The van der Waals surface area contributed by atoms with E-state index in [0.29, 0.717) is 6.10 Å². The fourth-order valence-electron chi connectivity index (χ4n) is 3.54. The van der Waals surface area contributed by atoms with Crippen LogP contribution in [0.2, 0.25) is 0 Å². The molecule has 1 saturated heterocycles. The van der Waals surface area contributed by atoms with Crippen LogP contribution in [0.4, 0.5) is 5.69 Å². The van der Waals surface area contributed by atoms with Crippen LogP contribution in [0, 0.1) is 0 Å². The Bertz CT molecular complexity index is 587. The van der Waals surface area contributed by atoms with E-state index < -0.39 is 0 Å². The second-order valence-corrected chi connectivity index (χ2v) is 7.80. The summed E-state index contributed by atoms with van der Waals surface area (Å²) < 4.78 is 11.1. The minimum Gasteiger partial charge on any atom is -0.385 e. The van der Waals surface area contributed by atoms with Gasteiger partial charge < -0.3 is 24.6 Å². The van der Waals surface area contributed by atoms with Crippen molar-refractivity contribution in [3.8, 4) is 0 Å². The fraction of sp³-hybridized carbons (Fsp3) is 0.696. The molecule has 0 aliphatic carbocycles. The van der Waals surface area contributed by atoms with Crippen LogP contribution in [0.15, 0.2) is 29.3 Å². The Balaban J connectivity index is 0.00000450. The molecule has 30 heavy (non-hydrogen) atoms. The second kappa shape index (κ2) is 15.7. The molecule has 1 aromatic rings. The summed E-state index contributed by atoms with van der Waals surface area (Å²) in [5.41, 5.74) is 2.62. The van der Waals surface area contributed by atoms with Crippen LogP contribution in [0.1, 0.15) is 38.2 Å². The Labute approximate surface area is 200 Å². The van der Waals surface area contributed by atoms with Crippen LogP contribution in [-0.4, -0.2) is 77.6 Å². The first-order valence-electron chi connectivity index (χ1n) is 11.0. The number of hydrogen-bond acceptors (Lipinski definition) is 4. The number of hydrogen-bond donors (Lipinski definition) is 1. The monoisotopic (exact) mass is 532 g/mol. The van der Waals surface area contributed by atoms with Gasteiger partial charge in [0, 0.05) is 66.3 Å². The smallest absolute Gasteiger partial charge is 0.193 e. The number of likely N-dealkylation sites (tertiary alicyclic amines) is 1. The van der Waals surface area contributed by atoms with Crippen molar-refractivity contribution in [2.24, 2.45) is 4.99 Å². The van der Waals surface area contributed by atoms with Crippen molar-refractivity contribution < 1.29 is 9.47 Å². The molecule has 1 heterocycles. The quantitative estimate of drug-likeness (QED) is 0.204. The van der Waals surface area contributed by atoms with Gasteiger partial charge in [0.2, 0.25) is 0 Å². The van der Waals surface area contributed by atoms with Gasteiger partial charge in [0.1, 0.15) is 0 Å². The van der Waals surface area contributed by atoms with Crippen molar-refractivity contribution in [2.75, 3.05) is 65.5 Å². The highest BCUT2D eigenvalue weighted by Gasteiger charge is 2.21. The minimum absolute atomic E-state index is 0. The molecule has 1 N–H and O–H groups in total. The van der Waals surface area contributed by atoms with Gasteiger partial charge in [-0.25, -0.2) is 0 Å². The molecule has 0 radical (unpaired) electrons. The molecular formula is C23H41IN4O2. The van der Waals surface area contributed by atoms with Gasteiger partial charge in [-0.3, -0.25) is 4.99 Å². The van der Waals surface area contributed by atoms with Crippen LogP contribution >= 0.6 is 24.0 Å². The van der Waals surface area contributed by atoms with Gasteiger partial charge in [-0.15, -0.1) is 24.0 Å². The van der Waals surface area contributed by atoms with Crippen molar-refractivity contribution in [2.45, 2.75) is 45.1 Å². The maximum absolute atomic E-state index is 5.97. The van der Waals surface area contributed by atoms with E-state index in [1.165, 1.54) is 11.3 Å². The van der Waals surface area contributed by atoms with E-state index in [-0.39, 0.29) is 24.0 Å². The first-order valence-corrected chi connectivity index (χ1v) is 11.0. The highest BCUT2D eigenvalue weighted by Crippen LogP contribution is 2.15. The number of halogens is 1. The van der Waals surface area contributed by atoms with E-state index in [4.69, 9.17) is 14.5 Å². The predicted molar refractivity (Wildman–Crippen MR) is 138 cm³/mol. The maximum atomic E-state index is 5.97. The van der Waals surface area contributed by atoms with E-state index in [1.54, 1.807) is 7.11 Å². The predicted octanol–water partition coefficient (Wildman–Crippen LogP) is 3.79. The number of nitrogens with one attached hydrogen (secondary N) is 1. The van der Waals surface area contributed by atoms with Crippen LogP contribution in [-0.2, 0) is 15.9 Å². The lowest BCUT2D eigenvalue weighted by atomic mass is 10.1. The molecule has 6 nitrogen and oxygen atoms in total. The van der Waals surface area contributed by atoms with Gasteiger partial charge in [0.25, 0.3) is 0 Å². The zero-order valence-corrected chi connectivity index (χ0v) is 21.6. The molecule has 0 amide bonds. The van der Waals surface area contributed by atoms with Gasteiger partial charge in [0.15, 0.2) is 5.96 Å². The van der Waals surface area contributed by atoms with Crippen molar-refractivity contribution in [3.63, 3.8) is 0 Å². The van der Waals surface area contributed by atoms with Gasteiger partial charge in [-0.2, -0.15) is 0 Å². The third kappa shape index (κ3) is 9.83. The SMILES string of the molecule is CCNC(=NCCCc1ccc(N(C)C)cc1)N1CCC(OCCCOC)CC1.I. The third-order valence-corrected chi connectivity index (χ3v) is 5.26. The number of benzene rings is 1. The number of anilines is 1. The molecule has 1 aromatic carbocycles. The van der Waals surface area contributed by atoms with Gasteiger partial charge >= 0.3 is 0 Å². The molecule has 0 unspecified atom stereocenters. The van der Waals surface area contributed by atoms with Crippen molar-refractivity contribution in [3.05, 3.63) is 29.8 Å². The molecule has 1 aliphatic heterocycles. The molecule has 0 atom stereocenters. The summed E-state index contributed by atoms with van der Waals surface area (Å²) >= 11 is 0. The summed E-state index contributed by atoms with van der Waals surface area (Å²) in [4.78, 5) is 9.38. The van der Waals surface area contributed by atoms with E-state index in [2.05, 4.69) is 60.4 Å². The van der Waals surface area contributed by atoms with Crippen LogP contribution < -0.4 is 10.2 Å². The van der Waals surface area contributed by atoms with E-state index >= 15 is 0 Å². The molecule has 2 rings (SSSR count). The molecule has 0 bridgehead atoms. The van der Waals surface area contributed by atoms with Crippen LogP contribution in [0.3, 0.4) is 0 Å². The van der Waals surface area contributed by atoms with E-state index in [0.717, 1.165) is 77.5 Å². The molecule has 0 saturated carbocycles. The summed E-state index contributed by atoms with van der Waals surface area (Å²) in [5, 5.41) is 3.46. The van der Waals surface area contributed by atoms with Gasteiger partial charge in [-0.1, -0.05) is 12.1 Å². The zero-order chi connectivity index (χ0) is 20.9. The Morgan fingerprint density at radius 1 is 1.13 bits per heavy atom. The Morgan fingerprint density at radius 2 is 1.83 bits per heavy atom. The lowest BCUT2D eigenvalue weighted by Gasteiger charge is -2.34. The lowest BCUT2D eigenvalue weighted by molar-refractivity contribution is 0.00990. The summed E-state index contributed by atoms with van der Waals surface area (Å²) in [6, 6.07) is 8.82. The summed E-state index contributed by atoms with van der Waals surface area (Å²) in [6.07, 6.45) is 5.60. The summed E-state index contributed by atoms with van der Waals surface area (Å²) in [7, 11) is 5.88. The lowest BCUT2D eigenvalue weighted by Crippen LogP contribution is -2.47. The normalized spacial score (nSPS) is 15.1. The van der Waals surface area contributed by atoms with Crippen LogP contribution in [0.25, 0.3) is 0 Å². The first-order chi connectivity index (χ1) is 14.1. The van der Waals surface area contributed by atoms with Crippen LogP contribution in [0.5, 0.6) is 0 Å². The van der Waals surface area contributed by atoms with Crippen molar-refractivity contribution in [1.29, 1.82) is 0 Å². The summed E-state index contributed by atoms with van der Waals surface area (Å²) in [6.45, 7) is 7.47. The zero-order valence-electron chi connectivity index (χ0n) is 19.2. The largest absolute Gasteiger partial charge is 0.385 e. The number of methoxy groups -OCH3 is 1. The van der Waals surface area contributed by atoms with Crippen molar-refractivity contribution >= 4 is 35.6 Å². The second-order valence-electron chi connectivity index (χ2n) is 7.80. The topological polar surface area (TPSA) is 49.3 Å². The summed E-state index contributed by atoms with van der Waals surface area (Å²) in [5.74, 6) is 1.05. The van der Waals surface area contributed by atoms with Gasteiger partial charge in [0.05, 0.1) is 6.10 Å². The van der Waals surface area contributed by atoms with E-state index in [1.807, 2.05) is 0 Å². The molecule has 7 heteroatoms. The van der Waals surface area contributed by atoms with Gasteiger partial charge in [-0.05, 0) is 56.7 Å². The standard InChI is InChI=1S/C23H40N4O2.HI/c1-5-24-23(27-16-13-22(14-17-27)29-19-7-18-28-4)25-15-6-8-20-9-11-21(12-10-20)26(2)3;/h9-12,22H,5-8,13-19H2,1-4H3,(H,24,25);1H.